The monoisotopic (exact) mass is 311 g/mol. The van der Waals surface area contributed by atoms with E-state index in [-0.39, 0.29) is 11.9 Å². The van der Waals surface area contributed by atoms with Crippen LogP contribution >= 0.6 is 0 Å². The Bertz CT molecular complexity index is 827. The highest BCUT2D eigenvalue weighted by atomic mass is 16.5. The van der Waals surface area contributed by atoms with Crippen molar-refractivity contribution in [1.29, 1.82) is 0 Å². The third-order valence-corrected chi connectivity index (χ3v) is 3.77. The number of hydrogen-bond donors (Lipinski definition) is 0. The van der Waals surface area contributed by atoms with Crippen LogP contribution in [0.1, 0.15) is 30.4 Å². The summed E-state index contributed by atoms with van der Waals surface area (Å²) in [5.41, 5.74) is 0.898. The van der Waals surface area contributed by atoms with Gasteiger partial charge in [-0.3, -0.25) is 4.79 Å². The summed E-state index contributed by atoms with van der Waals surface area (Å²) in [5.74, 6) is 0.598. The number of amidine groups is 1. The summed E-state index contributed by atoms with van der Waals surface area (Å²) in [6.45, 7) is 3.45. The largest absolute Gasteiger partial charge is 0.408 e. The van der Waals surface area contributed by atoms with Crippen LogP contribution in [0.5, 0.6) is 0 Å². The van der Waals surface area contributed by atoms with Crippen LogP contribution < -0.4 is 0 Å². The van der Waals surface area contributed by atoms with E-state index in [4.69, 9.17) is 4.74 Å². The minimum Gasteiger partial charge on any atom is -0.408 e. The average molecular weight is 311 g/mol. The number of ether oxygens (including phenoxy) is 1. The molecule has 3 heterocycles. The fourth-order valence-electron chi connectivity index (χ4n) is 2.79. The normalized spacial score (nSPS) is 23.2. The molecule has 0 saturated heterocycles. The summed E-state index contributed by atoms with van der Waals surface area (Å²) < 4.78 is 6.90. The van der Waals surface area contributed by atoms with Crippen molar-refractivity contribution in [2.75, 3.05) is 0 Å². The highest BCUT2D eigenvalue weighted by Gasteiger charge is 2.46. The number of rotatable bonds is 2. The van der Waals surface area contributed by atoms with E-state index < -0.39 is 12.1 Å². The van der Waals surface area contributed by atoms with Crippen LogP contribution in [0.3, 0.4) is 0 Å². The predicted octanol–water partition coefficient (Wildman–Crippen LogP) is 0.826. The number of tetrazole rings is 1. The quantitative estimate of drug-likeness (QED) is 0.814. The van der Waals surface area contributed by atoms with E-state index in [0.29, 0.717) is 11.7 Å². The van der Waals surface area contributed by atoms with E-state index in [1.165, 1.54) is 4.68 Å². The molecule has 9 nitrogen and oxygen atoms in total. The Morgan fingerprint density at radius 2 is 1.91 bits per heavy atom. The molecule has 0 saturated carbocycles. The van der Waals surface area contributed by atoms with Gasteiger partial charge in [0.15, 0.2) is 6.04 Å². The number of hydrazone groups is 1. The van der Waals surface area contributed by atoms with Gasteiger partial charge < -0.3 is 4.74 Å². The van der Waals surface area contributed by atoms with Gasteiger partial charge in [0.05, 0.1) is 0 Å². The molecule has 2 aliphatic heterocycles. The molecule has 0 spiro atoms. The van der Waals surface area contributed by atoms with Crippen molar-refractivity contribution < 1.29 is 9.53 Å². The molecule has 0 unspecified atom stereocenters. The SMILES string of the molecule is CC1=NN2C(=NC(=O)[C@H](n3nnnc3C)[C@H]2c2ccccc2)O1. The molecule has 23 heavy (non-hydrogen) atoms. The second kappa shape index (κ2) is 4.97. The van der Waals surface area contributed by atoms with Crippen LogP contribution in [0.2, 0.25) is 0 Å². The highest BCUT2D eigenvalue weighted by Crippen LogP contribution is 2.38. The third-order valence-electron chi connectivity index (χ3n) is 3.77. The van der Waals surface area contributed by atoms with Gasteiger partial charge in [-0.1, -0.05) is 30.3 Å². The molecule has 2 aliphatic rings. The first-order chi connectivity index (χ1) is 11.1. The van der Waals surface area contributed by atoms with E-state index >= 15 is 0 Å². The summed E-state index contributed by atoms with van der Waals surface area (Å²) in [6.07, 6.45) is 0. The maximum Gasteiger partial charge on any atom is 0.323 e. The van der Waals surface area contributed by atoms with Gasteiger partial charge in [-0.15, -0.1) is 10.2 Å². The molecule has 4 rings (SSSR count). The van der Waals surface area contributed by atoms with Gasteiger partial charge in [-0.05, 0) is 22.9 Å². The van der Waals surface area contributed by atoms with Gasteiger partial charge >= 0.3 is 6.02 Å². The lowest BCUT2D eigenvalue weighted by molar-refractivity contribution is -0.124. The van der Waals surface area contributed by atoms with Crippen LogP contribution in [-0.2, 0) is 9.53 Å². The fourth-order valence-corrected chi connectivity index (χ4v) is 2.79. The molecule has 0 aliphatic carbocycles. The Morgan fingerprint density at radius 1 is 1.13 bits per heavy atom. The van der Waals surface area contributed by atoms with Crippen LogP contribution in [-0.4, -0.2) is 43.0 Å². The Labute approximate surface area is 131 Å². The molecule has 9 heteroatoms. The van der Waals surface area contributed by atoms with Crippen LogP contribution in [0.25, 0.3) is 0 Å². The van der Waals surface area contributed by atoms with Crippen molar-refractivity contribution in [3.63, 3.8) is 0 Å². The first kappa shape index (κ1) is 13.6. The van der Waals surface area contributed by atoms with Gasteiger partial charge in [-0.2, -0.15) is 4.99 Å². The third kappa shape index (κ3) is 2.08. The molecule has 1 aromatic carbocycles. The lowest BCUT2D eigenvalue weighted by atomic mass is 9.97. The number of amides is 1. The molecule has 1 amide bonds. The van der Waals surface area contributed by atoms with Crippen LogP contribution in [0, 0.1) is 6.92 Å². The molecule has 1 aromatic heterocycles. The van der Waals surface area contributed by atoms with Gasteiger partial charge in [0, 0.05) is 6.92 Å². The maximum absolute atomic E-state index is 12.6. The van der Waals surface area contributed by atoms with Gasteiger partial charge in [0.2, 0.25) is 5.90 Å². The molecule has 0 bridgehead atoms. The van der Waals surface area contributed by atoms with Gasteiger partial charge in [0.1, 0.15) is 11.9 Å². The molecule has 116 valence electrons. The van der Waals surface area contributed by atoms with Gasteiger partial charge in [0.25, 0.3) is 5.91 Å². The average Bonchev–Trinajstić information content (AvgIpc) is 3.11. The Hall–Kier alpha value is -3.10. The van der Waals surface area contributed by atoms with Crippen molar-refractivity contribution in [2.24, 2.45) is 10.1 Å². The number of aliphatic imine (C=N–C) groups is 1. The standard InChI is InChI=1S/C14H13N7O2/c1-8-16-18-19-20(8)12-11(10-6-4-3-5-7-10)21-14(15-13(12)22)23-9(2)17-21/h3-7,11-12H,1-2H3/t11-,12-/m1/s1. The number of nitrogens with zero attached hydrogens (tertiary/aromatic N) is 7. The summed E-state index contributed by atoms with van der Waals surface area (Å²) in [4.78, 5) is 16.6. The first-order valence-corrected chi connectivity index (χ1v) is 7.09. The molecule has 0 fully saturated rings. The van der Waals surface area contributed by atoms with Crippen molar-refractivity contribution in [1.82, 2.24) is 25.2 Å². The molecule has 0 radical (unpaired) electrons. The lowest BCUT2D eigenvalue weighted by Crippen LogP contribution is -2.42. The number of benzene rings is 1. The Kier molecular flexibility index (Phi) is 2.93. The van der Waals surface area contributed by atoms with Crippen LogP contribution in [0.15, 0.2) is 40.4 Å². The number of aryl methyl sites for hydroxylation is 1. The van der Waals surface area contributed by atoms with E-state index in [1.807, 2.05) is 30.3 Å². The Balaban J connectivity index is 1.89. The van der Waals surface area contributed by atoms with E-state index in [0.717, 1.165) is 5.56 Å². The van der Waals surface area contributed by atoms with Crippen molar-refractivity contribution in [2.45, 2.75) is 25.9 Å². The van der Waals surface area contributed by atoms with Crippen molar-refractivity contribution in [3.8, 4) is 0 Å². The molecular formula is C14H13N7O2. The van der Waals surface area contributed by atoms with Crippen molar-refractivity contribution in [3.05, 3.63) is 41.7 Å². The number of carbonyl (C=O) groups is 1. The van der Waals surface area contributed by atoms with Crippen molar-refractivity contribution >= 4 is 17.8 Å². The fraction of sp³-hybridized carbons (Fsp3) is 0.286. The molecular weight excluding hydrogens is 298 g/mol. The number of hydrogen-bond acceptors (Lipinski definition) is 7. The van der Waals surface area contributed by atoms with E-state index in [2.05, 4.69) is 25.6 Å². The zero-order valence-electron chi connectivity index (χ0n) is 12.5. The smallest absolute Gasteiger partial charge is 0.323 e. The first-order valence-electron chi connectivity index (χ1n) is 7.09. The Morgan fingerprint density at radius 3 is 2.61 bits per heavy atom. The van der Waals surface area contributed by atoms with E-state index in [9.17, 15) is 4.79 Å². The summed E-state index contributed by atoms with van der Waals surface area (Å²) in [7, 11) is 0. The summed E-state index contributed by atoms with van der Waals surface area (Å²) >= 11 is 0. The van der Waals surface area contributed by atoms with E-state index in [1.54, 1.807) is 18.9 Å². The highest BCUT2D eigenvalue weighted by molar-refractivity contribution is 6.02. The minimum absolute atomic E-state index is 0.184. The second-order valence-electron chi connectivity index (χ2n) is 5.27. The molecule has 2 atom stereocenters. The zero-order valence-corrected chi connectivity index (χ0v) is 12.5. The number of aromatic nitrogens is 4. The summed E-state index contributed by atoms with van der Waals surface area (Å²) in [5, 5.41) is 17.4. The molecule has 0 N–H and O–H groups in total. The zero-order chi connectivity index (χ0) is 16.0. The minimum atomic E-state index is -0.714. The summed E-state index contributed by atoms with van der Waals surface area (Å²) in [6, 6.07) is 8.61. The molecule has 2 aromatic rings. The van der Waals surface area contributed by atoms with Crippen LogP contribution in [0.4, 0.5) is 0 Å². The van der Waals surface area contributed by atoms with Gasteiger partial charge in [-0.25, -0.2) is 9.69 Å². The second-order valence-corrected chi connectivity index (χ2v) is 5.27. The number of fused-ring (bicyclic) bond motifs is 1. The lowest BCUT2D eigenvalue weighted by Gasteiger charge is -2.33. The number of carbonyl (C=O) groups excluding carboxylic acids is 1. The maximum atomic E-state index is 12.6. The predicted molar refractivity (Wildman–Crippen MR) is 79.2 cm³/mol. The topological polar surface area (TPSA) is 97.9 Å².